The number of imidazole rings is 1. The standard InChI is InChI=1S/C14H19N3OS/c1-18-11-4-5-12-13(8-11)17-14(16-12)19-7-6-15-9-10-2-3-10/h4-5,8,10,15H,2-3,6-7,9H2,1H3,(H,16,17). The van der Waals surface area contributed by atoms with Gasteiger partial charge in [0.15, 0.2) is 5.16 Å². The second-order valence-corrected chi connectivity index (χ2v) is 6.00. The Bertz CT molecular complexity index is 551. The fourth-order valence-electron chi connectivity index (χ4n) is 2.01. The first kappa shape index (κ1) is 12.8. The number of hydrogen-bond acceptors (Lipinski definition) is 4. The van der Waals surface area contributed by atoms with E-state index >= 15 is 0 Å². The van der Waals surface area contributed by atoms with Crippen molar-refractivity contribution in [3.63, 3.8) is 0 Å². The summed E-state index contributed by atoms with van der Waals surface area (Å²) in [6.07, 6.45) is 2.82. The van der Waals surface area contributed by atoms with E-state index in [1.807, 2.05) is 18.2 Å². The number of nitrogens with zero attached hydrogens (tertiary/aromatic N) is 1. The summed E-state index contributed by atoms with van der Waals surface area (Å²) in [5, 5.41) is 4.47. The first-order valence-corrected chi connectivity index (χ1v) is 7.71. The van der Waals surface area contributed by atoms with Gasteiger partial charge in [0.1, 0.15) is 5.75 Å². The Labute approximate surface area is 117 Å². The summed E-state index contributed by atoms with van der Waals surface area (Å²) in [5.41, 5.74) is 2.03. The van der Waals surface area contributed by atoms with Crippen LogP contribution in [0.25, 0.3) is 11.0 Å². The first-order chi connectivity index (χ1) is 9.35. The van der Waals surface area contributed by atoms with Gasteiger partial charge >= 0.3 is 0 Å². The lowest BCUT2D eigenvalue weighted by molar-refractivity contribution is 0.415. The molecule has 1 aliphatic carbocycles. The zero-order valence-corrected chi connectivity index (χ0v) is 11.9. The van der Waals surface area contributed by atoms with Gasteiger partial charge in [-0.05, 0) is 37.4 Å². The smallest absolute Gasteiger partial charge is 0.166 e. The molecule has 4 nitrogen and oxygen atoms in total. The van der Waals surface area contributed by atoms with Crippen LogP contribution in [0.5, 0.6) is 5.75 Å². The Hall–Kier alpha value is -1.20. The van der Waals surface area contributed by atoms with Gasteiger partial charge in [-0.25, -0.2) is 4.98 Å². The van der Waals surface area contributed by atoms with Crippen molar-refractivity contribution in [3.05, 3.63) is 18.2 Å². The van der Waals surface area contributed by atoms with Crippen LogP contribution in [-0.2, 0) is 0 Å². The predicted octanol–water partition coefficient (Wildman–Crippen LogP) is 2.66. The number of aromatic nitrogens is 2. The van der Waals surface area contributed by atoms with Gasteiger partial charge < -0.3 is 15.0 Å². The topological polar surface area (TPSA) is 49.9 Å². The third-order valence-electron chi connectivity index (χ3n) is 3.31. The van der Waals surface area contributed by atoms with Crippen LogP contribution in [0.2, 0.25) is 0 Å². The molecule has 1 aromatic carbocycles. The van der Waals surface area contributed by atoms with Crippen molar-refractivity contribution in [2.75, 3.05) is 26.0 Å². The molecule has 2 N–H and O–H groups in total. The van der Waals surface area contributed by atoms with Gasteiger partial charge in [-0.3, -0.25) is 0 Å². The fourth-order valence-corrected chi connectivity index (χ4v) is 2.79. The number of fused-ring (bicyclic) bond motifs is 1. The zero-order valence-electron chi connectivity index (χ0n) is 11.1. The van der Waals surface area contributed by atoms with Crippen molar-refractivity contribution < 1.29 is 4.74 Å². The molecule has 0 aliphatic heterocycles. The van der Waals surface area contributed by atoms with E-state index < -0.39 is 0 Å². The number of ether oxygens (including phenoxy) is 1. The van der Waals surface area contributed by atoms with E-state index in [9.17, 15) is 0 Å². The minimum atomic E-state index is 0.860. The molecule has 5 heteroatoms. The SMILES string of the molecule is COc1ccc2nc(SCCNCC3CC3)[nH]c2c1. The lowest BCUT2D eigenvalue weighted by Crippen LogP contribution is -2.19. The van der Waals surface area contributed by atoms with Crippen molar-refractivity contribution in [1.29, 1.82) is 0 Å². The van der Waals surface area contributed by atoms with E-state index in [1.165, 1.54) is 19.4 Å². The number of benzene rings is 1. The Balaban J connectivity index is 1.52. The molecule has 1 fully saturated rings. The van der Waals surface area contributed by atoms with Gasteiger partial charge in [0.25, 0.3) is 0 Å². The third-order valence-corrected chi connectivity index (χ3v) is 4.19. The largest absolute Gasteiger partial charge is 0.497 e. The summed E-state index contributed by atoms with van der Waals surface area (Å²) in [6, 6.07) is 5.91. The van der Waals surface area contributed by atoms with Gasteiger partial charge in [0, 0.05) is 18.4 Å². The van der Waals surface area contributed by atoms with Crippen LogP contribution in [0, 0.1) is 5.92 Å². The molecule has 1 heterocycles. The summed E-state index contributed by atoms with van der Waals surface area (Å²) < 4.78 is 5.21. The van der Waals surface area contributed by atoms with Crippen LogP contribution in [0.3, 0.4) is 0 Å². The molecule has 0 saturated heterocycles. The van der Waals surface area contributed by atoms with Crippen LogP contribution >= 0.6 is 11.8 Å². The highest BCUT2D eigenvalue weighted by Gasteiger charge is 2.19. The Morgan fingerprint density at radius 2 is 2.37 bits per heavy atom. The molecule has 3 rings (SSSR count). The lowest BCUT2D eigenvalue weighted by atomic mass is 10.3. The van der Waals surface area contributed by atoms with Crippen molar-refractivity contribution in [2.24, 2.45) is 5.92 Å². The Kier molecular flexibility index (Phi) is 3.94. The maximum absolute atomic E-state index is 5.21. The number of nitrogens with one attached hydrogen (secondary N) is 2. The first-order valence-electron chi connectivity index (χ1n) is 6.72. The zero-order chi connectivity index (χ0) is 13.1. The van der Waals surface area contributed by atoms with Crippen LogP contribution < -0.4 is 10.1 Å². The molecule has 0 radical (unpaired) electrons. The highest BCUT2D eigenvalue weighted by Crippen LogP contribution is 2.27. The summed E-state index contributed by atoms with van der Waals surface area (Å²) in [7, 11) is 1.68. The highest BCUT2D eigenvalue weighted by molar-refractivity contribution is 7.99. The number of H-pyrrole nitrogens is 1. The molecular formula is C14H19N3OS. The van der Waals surface area contributed by atoms with E-state index in [-0.39, 0.29) is 0 Å². The number of methoxy groups -OCH3 is 1. The number of hydrogen-bond donors (Lipinski definition) is 2. The molecule has 0 atom stereocenters. The normalized spacial score (nSPS) is 15.0. The van der Waals surface area contributed by atoms with Gasteiger partial charge in [-0.2, -0.15) is 0 Å². The Morgan fingerprint density at radius 3 is 3.16 bits per heavy atom. The van der Waals surface area contributed by atoms with E-state index in [0.717, 1.165) is 40.2 Å². The van der Waals surface area contributed by atoms with Crippen LogP contribution in [0.4, 0.5) is 0 Å². The van der Waals surface area contributed by atoms with Gasteiger partial charge in [-0.1, -0.05) is 11.8 Å². The monoisotopic (exact) mass is 277 g/mol. The van der Waals surface area contributed by atoms with E-state index in [1.54, 1.807) is 18.9 Å². The second kappa shape index (κ2) is 5.84. The average Bonchev–Trinajstić information content (AvgIpc) is 3.16. The lowest BCUT2D eigenvalue weighted by Gasteiger charge is -2.01. The Morgan fingerprint density at radius 1 is 1.47 bits per heavy atom. The molecule has 0 spiro atoms. The van der Waals surface area contributed by atoms with E-state index in [0.29, 0.717) is 0 Å². The minimum absolute atomic E-state index is 0.860. The van der Waals surface area contributed by atoms with Gasteiger partial charge in [0.2, 0.25) is 0 Å². The number of thioether (sulfide) groups is 1. The van der Waals surface area contributed by atoms with Crippen molar-refractivity contribution in [1.82, 2.24) is 15.3 Å². The van der Waals surface area contributed by atoms with E-state index in [2.05, 4.69) is 15.3 Å². The van der Waals surface area contributed by atoms with Crippen molar-refractivity contribution >= 4 is 22.8 Å². The van der Waals surface area contributed by atoms with Gasteiger partial charge in [-0.15, -0.1) is 0 Å². The molecule has 2 aromatic rings. The third kappa shape index (κ3) is 3.42. The maximum atomic E-state index is 5.21. The molecule has 1 saturated carbocycles. The summed E-state index contributed by atoms with van der Waals surface area (Å²) in [4.78, 5) is 7.88. The van der Waals surface area contributed by atoms with Crippen molar-refractivity contribution in [3.8, 4) is 5.75 Å². The summed E-state index contributed by atoms with van der Waals surface area (Å²) in [6.45, 7) is 2.22. The van der Waals surface area contributed by atoms with Gasteiger partial charge in [0.05, 0.1) is 18.1 Å². The molecule has 0 bridgehead atoms. The van der Waals surface area contributed by atoms with Crippen LogP contribution in [-0.4, -0.2) is 35.9 Å². The quantitative estimate of drug-likeness (QED) is 0.603. The molecule has 1 aliphatic rings. The minimum Gasteiger partial charge on any atom is -0.497 e. The molecule has 0 amide bonds. The average molecular weight is 277 g/mol. The maximum Gasteiger partial charge on any atom is 0.166 e. The predicted molar refractivity (Wildman–Crippen MR) is 79.0 cm³/mol. The molecular weight excluding hydrogens is 258 g/mol. The summed E-state index contributed by atoms with van der Waals surface area (Å²) >= 11 is 1.76. The fraction of sp³-hybridized carbons (Fsp3) is 0.500. The van der Waals surface area contributed by atoms with Crippen LogP contribution in [0.1, 0.15) is 12.8 Å². The second-order valence-electron chi connectivity index (χ2n) is 4.92. The van der Waals surface area contributed by atoms with Crippen LogP contribution in [0.15, 0.2) is 23.4 Å². The highest BCUT2D eigenvalue weighted by atomic mass is 32.2. The van der Waals surface area contributed by atoms with Crippen molar-refractivity contribution in [2.45, 2.75) is 18.0 Å². The molecule has 19 heavy (non-hydrogen) atoms. The summed E-state index contributed by atoms with van der Waals surface area (Å²) in [5.74, 6) is 2.85. The number of rotatable bonds is 7. The molecule has 102 valence electrons. The molecule has 1 aromatic heterocycles. The van der Waals surface area contributed by atoms with E-state index in [4.69, 9.17) is 4.74 Å². The molecule has 0 unspecified atom stereocenters. The number of aromatic amines is 1.